The number of ether oxygens (including phenoxy) is 1. The molecule has 146 valence electrons. The summed E-state index contributed by atoms with van der Waals surface area (Å²) >= 11 is 1.79. The van der Waals surface area contributed by atoms with E-state index in [4.69, 9.17) is 9.72 Å². The maximum Gasteiger partial charge on any atom is 0.225 e. The van der Waals surface area contributed by atoms with Gasteiger partial charge in [-0.25, -0.2) is 4.98 Å². The number of thiazole rings is 1. The first-order valence-electron chi connectivity index (χ1n) is 10.1. The molecule has 0 saturated carbocycles. The second-order valence-electron chi connectivity index (χ2n) is 7.89. The molecular weight excluding hydrogens is 346 g/mol. The Labute approximate surface area is 161 Å². The van der Waals surface area contributed by atoms with Gasteiger partial charge in [0.1, 0.15) is 0 Å². The molecule has 3 heterocycles. The Bertz CT molecular complexity index is 573. The van der Waals surface area contributed by atoms with Gasteiger partial charge >= 0.3 is 0 Å². The zero-order valence-electron chi connectivity index (χ0n) is 16.4. The molecule has 0 radical (unpaired) electrons. The number of amides is 1. The van der Waals surface area contributed by atoms with Gasteiger partial charge in [-0.3, -0.25) is 9.69 Å². The minimum atomic E-state index is 0.148. The second-order valence-corrected chi connectivity index (χ2v) is 8.83. The van der Waals surface area contributed by atoms with Gasteiger partial charge in [0, 0.05) is 30.9 Å². The molecular formula is C20H33N3O2S. The van der Waals surface area contributed by atoms with E-state index in [0.29, 0.717) is 5.91 Å². The number of hydrogen-bond acceptors (Lipinski definition) is 5. The first kappa shape index (κ1) is 19.8. The quantitative estimate of drug-likeness (QED) is 0.760. The van der Waals surface area contributed by atoms with Crippen molar-refractivity contribution in [1.29, 1.82) is 0 Å². The largest absolute Gasteiger partial charge is 0.372 e. The minimum Gasteiger partial charge on any atom is -0.372 e. The SMILES string of the molecule is CCCCc1nc(CN2CCC(C(=O)N3CC(C)OC(C)C3)CC2)cs1. The molecule has 0 N–H and O–H groups in total. The molecule has 0 spiro atoms. The average molecular weight is 380 g/mol. The van der Waals surface area contributed by atoms with Gasteiger partial charge in [-0.15, -0.1) is 11.3 Å². The van der Waals surface area contributed by atoms with E-state index >= 15 is 0 Å². The Morgan fingerprint density at radius 3 is 2.62 bits per heavy atom. The highest BCUT2D eigenvalue weighted by Gasteiger charge is 2.32. The van der Waals surface area contributed by atoms with Crippen molar-refractivity contribution in [3.8, 4) is 0 Å². The lowest BCUT2D eigenvalue weighted by molar-refractivity contribution is -0.148. The molecule has 26 heavy (non-hydrogen) atoms. The Hall–Kier alpha value is -0.980. The van der Waals surface area contributed by atoms with Crippen LogP contribution in [0.15, 0.2) is 5.38 Å². The lowest BCUT2D eigenvalue weighted by Gasteiger charge is -2.39. The number of nitrogens with zero attached hydrogens (tertiary/aromatic N) is 3. The summed E-state index contributed by atoms with van der Waals surface area (Å²) < 4.78 is 5.76. The molecule has 0 bridgehead atoms. The molecule has 2 saturated heterocycles. The molecule has 2 atom stereocenters. The van der Waals surface area contributed by atoms with Crippen LogP contribution in [0.25, 0.3) is 0 Å². The van der Waals surface area contributed by atoms with Gasteiger partial charge in [0.2, 0.25) is 5.91 Å². The van der Waals surface area contributed by atoms with Gasteiger partial charge in [-0.1, -0.05) is 13.3 Å². The van der Waals surface area contributed by atoms with Gasteiger partial charge in [-0.2, -0.15) is 0 Å². The van der Waals surface area contributed by atoms with Crippen molar-refractivity contribution in [3.05, 3.63) is 16.1 Å². The van der Waals surface area contributed by atoms with Crippen molar-refractivity contribution in [2.24, 2.45) is 5.92 Å². The molecule has 1 aromatic rings. The Kier molecular flexibility index (Phi) is 7.06. The normalized spacial score (nSPS) is 25.6. The number of morpholine rings is 1. The highest BCUT2D eigenvalue weighted by Crippen LogP contribution is 2.24. The Morgan fingerprint density at radius 2 is 1.96 bits per heavy atom. The van der Waals surface area contributed by atoms with Crippen LogP contribution in [0.3, 0.4) is 0 Å². The number of unbranched alkanes of at least 4 members (excludes halogenated alkanes) is 1. The Balaban J connectivity index is 1.45. The van der Waals surface area contributed by atoms with Gasteiger partial charge < -0.3 is 9.64 Å². The van der Waals surface area contributed by atoms with Crippen LogP contribution >= 0.6 is 11.3 Å². The van der Waals surface area contributed by atoms with Crippen molar-refractivity contribution in [1.82, 2.24) is 14.8 Å². The summed E-state index contributed by atoms with van der Waals surface area (Å²) in [5.74, 6) is 0.515. The fraction of sp³-hybridized carbons (Fsp3) is 0.800. The van der Waals surface area contributed by atoms with E-state index in [1.807, 2.05) is 4.90 Å². The molecule has 2 aliphatic rings. The predicted molar refractivity (Wildman–Crippen MR) is 105 cm³/mol. The van der Waals surface area contributed by atoms with Crippen molar-refractivity contribution in [2.45, 2.75) is 71.6 Å². The molecule has 2 fully saturated rings. The lowest BCUT2D eigenvalue weighted by atomic mass is 9.94. The van der Waals surface area contributed by atoms with E-state index in [0.717, 1.165) is 52.0 Å². The fourth-order valence-corrected chi connectivity index (χ4v) is 4.88. The van der Waals surface area contributed by atoms with Crippen LogP contribution in [0.5, 0.6) is 0 Å². The zero-order valence-corrected chi connectivity index (χ0v) is 17.3. The van der Waals surface area contributed by atoms with Crippen LogP contribution in [0.2, 0.25) is 0 Å². The monoisotopic (exact) mass is 379 g/mol. The van der Waals surface area contributed by atoms with Crippen LogP contribution in [0.1, 0.15) is 57.2 Å². The van der Waals surface area contributed by atoms with Crippen molar-refractivity contribution in [2.75, 3.05) is 26.2 Å². The molecule has 6 heteroatoms. The second kappa shape index (κ2) is 9.29. The number of carbonyl (C=O) groups is 1. The van der Waals surface area contributed by atoms with Gasteiger partial charge in [0.15, 0.2) is 0 Å². The number of piperidine rings is 1. The summed E-state index contributed by atoms with van der Waals surface area (Å²) in [5, 5.41) is 3.47. The van der Waals surface area contributed by atoms with E-state index in [1.54, 1.807) is 11.3 Å². The van der Waals surface area contributed by atoms with Gasteiger partial charge in [-0.05, 0) is 52.6 Å². The average Bonchev–Trinajstić information content (AvgIpc) is 3.06. The molecule has 5 nitrogen and oxygen atoms in total. The third kappa shape index (κ3) is 5.27. The van der Waals surface area contributed by atoms with E-state index in [2.05, 4.69) is 31.1 Å². The highest BCUT2D eigenvalue weighted by molar-refractivity contribution is 7.09. The number of aromatic nitrogens is 1. The van der Waals surface area contributed by atoms with Crippen LogP contribution in [0, 0.1) is 5.92 Å². The first-order chi connectivity index (χ1) is 12.5. The van der Waals surface area contributed by atoms with E-state index in [-0.39, 0.29) is 18.1 Å². The molecule has 1 amide bonds. The maximum absolute atomic E-state index is 12.9. The van der Waals surface area contributed by atoms with Gasteiger partial charge in [0.05, 0.1) is 22.9 Å². The van der Waals surface area contributed by atoms with Crippen LogP contribution in [-0.4, -0.2) is 59.1 Å². The predicted octanol–water partition coefficient (Wildman–Crippen LogP) is 3.33. The molecule has 2 aliphatic heterocycles. The van der Waals surface area contributed by atoms with Crippen molar-refractivity contribution >= 4 is 17.2 Å². The lowest BCUT2D eigenvalue weighted by Crippen LogP contribution is -2.51. The third-order valence-electron chi connectivity index (χ3n) is 5.40. The summed E-state index contributed by atoms with van der Waals surface area (Å²) in [4.78, 5) is 22.1. The van der Waals surface area contributed by atoms with Gasteiger partial charge in [0.25, 0.3) is 0 Å². The third-order valence-corrected chi connectivity index (χ3v) is 6.35. The molecule has 2 unspecified atom stereocenters. The summed E-state index contributed by atoms with van der Waals surface area (Å²) in [6.07, 6.45) is 5.77. The maximum atomic E-state index is 12.9. The van der Waals surface area contributed by atoms with Crippen LogP contribution in [0.4, 0.5) is 0 Å². The number of aryl methyl sites for hydroxylation is 1. The number of hydrogen-bond donors (Lipinski definition) is 0. The topological polar surface area (TPSA) is 45.7 Å². The molecule has 1 aromatic heterocycles. The summed E-state index contributed by atoms with van der Waals surface area (Å²) in [6.45, 7) is 10.7. The number of rotatable bonds is 6. The smallest absolute Gasteiger partial charge is 0.225 e. The first-order valence-corrected chi connectivity index (χ1v) is 11.0. The fourth-order valence-electron chi connectivity index (χ4n) is 4.05. The standard InChI is InChI=1S/C20H33N3O2S/c1-4-5-6-19-21-18(14-26-19)13-22-9-7-17(8-10-22)20(24)23-11-15(2)25-16(3)12-23/h14-17H,4-13H2,1-3H3. The summed E-state index contributed by atoms with van der Waals surface area (Å²) in [7, 11) is 0. The Morgan fingerprint density at radius 1 is 1.27 bits per heavy atom. The number of carbonyl (C=O) groups excluding carboxylic acids is 1. The summed E-state index contributed by atoms with van der Waals surface area (Å²) in [5.41, 5.74) is 1.20. The van der Waals surface area contributed by atoms with Crippen molar-refractivity contribution in [3.63, 3.8) is 0 Å². The zero-order chi connectivity index (χ0) is 18.5. The van der Waals surface area contributed by atoms with E-state index in [9.17, 15) is 4.79 Å². The van der Waals surface area contributed by atoms with E-state index in [1.165, 1.54) is 23.5 Å². The van der Waals surface area contributed by atoms with Crippen molar-refractivity contribution < 1.29 is 9.53 Å². The molecule has 3 rings (SSSR count). The van der Waals surface area contributed by atoms with E-state index < -0.39 is 0 Å². The van der Waals surface area contributed by atoms with Crippen LogP contribution < -0.4 is 0 Å². The minimum absolute atomic E-state index is 0.148. The summed E-state index contributed by atoms with van der Waals surface area (Å²) in [6, 6.07) is 0. The number of likely N-dealkylation sites (tertiary alicyclic amines) is 1. The highest BCUT2D eigenvalue weighted by atomic mass is 32.1. The molecule has 0 aromatic carbocycles. The van der Waals surface area contributed by atoms with Crippen LogP contribution in [-0.2, 0) is 22.5 Å². The molecule has 0 aliphatic carbocycles.